The van der Waals surface area contributed by atoms with Gasteiger partial charge in [-0.25, -0.2) is 0 Å². The van der Waals surface area contributed by atoms with Crippen molar-refractivity contribution in [3.63, 3.8) is 0 Å². The van der Waals surface area contributed by atoms with Crippen molar-refractivity contribution >= 4 is 27.5 Å². The number of nitrogens with one attached hydrogen (secondary N) is 1. The van der Waals surface area contributed by atoms with E-state index >= 15 is 0 Å². The highest BCUT2D eigenvalue weighted by atomic mass is 79.9. The first-order valence-corrected chi connectivity index (χ1v) is 5.27. The molecule has 0 saturated heterocycles. The van der Waals surface area contributed by atoms with Gasteiger partial charge in [-0.3, -0.25) is 4.79 Å². The van der Waals surface area contributed by atoms with Gasteiger partial charge in [-0.2, -0.15) is 5.26 Å². The van der Waals surface area contributed by atoms with E-state index in [2.05, 4.69) is 21.2 Å². The molecular formula is C11H11BrN2O. The van der Waals surface area contributed by atoms with E-state index < -0.39 is 0 Å². The van der Waals surface area contributed by atoms with Crippen LogP contribution in [0.15, 0.2) is 16.6 Å². The quantitative estimate of drug-likeness (QED) is 0.895. The third-order valence-corrected chi connectivity index (χ3v) is 2.87. The molecule has 15 heavy (non-hydrogen) atoms. The zero-order valence-electron chi connectivity index (χ0n) is 8.60. The minimum absolute atomic E-state index is 0.117. The number of nitrogens with zero attached hydrogens (tertiary/aromatic N) is 1. The Morgan fingerprint density at radius 2 is 2.13 bits per heavy atom. The van der Waals surface area contributed by atoms with E-state index in [1.54, 1.807) is 0 Å². The Balaban J connectivity index is 2.92. The van der Waals surface area contributed by atoms with Crippen molar-refractivity contribution in [2.45, 2.75) is 20.3 Å². The lowest BCUT2D eigenvalue weighted by molar-refractivity contribution is -0.115. The van der Waals surface area contributed by atoms with E-state index in [1.165, 1.54) is 0 Å². The van der Waals surface area contributed by atoms with Gasteiger partial charge in [0.15, 0.2) is 0 Å². The predicted molar refractivity (Wildman–Crippen MR) is 62.5 cm³/mol. The molecule has 0 bridgehead atoms. The molecule has 3 nitrogen and oxygen atoms in total. The summed E-state index contributed by atoms with van der Waals surface area (Å²) >= 11 is 3.41. The van der Waals surface area contributed by atoms with Crippen molar-refractivity contribution in [1.82, 2.24) is 0 Å². The lowest BCUT2D eigenvalue weighted by Gasteiger charge is -2.09. The standard InChI is InChI=1S/C11H11BrN2O/c1-7-6-10(8(2)5-9(7)12)14-11(15)3-4-13/h5-6H,3H2,1-2H3,(H,14,15). The predicted octanol–water partition coefficient (Wildman–Crippen LogP) is 2.92. The number of rotatable bonds is 2. The number of carbonyl (C=O) groups excluding carboxylic acids is 1. The molecule has 0 radical (unpaired) electrons. The van der Waals surface area contributed by atoms with Crippen LogP contribution in [0.3, 0.4) is 0 Å². The number of nitriles is 1. The molecule has 1 aromatic rings. The molecular weight excluding hydrogens is 256 g/mol. The molecule has 0 heterocycles. The first-order valence-electron chi connectivity index (χ1n) is 4.48. The molecule has 0 atom stereocenters. The minimum atomic E-state index is -0.276. The van der Waals surface area contributed by atoms with Crippen molar-refractivity contribution in [3.05, 3.63) is 27.7 Å². The maximum absolute atomic E-state index is 11.2. The molecule has 4 heteroatoms. The molecule has 1 amide bonds. The highest BCUT2D eigenvalue weighted by Crippen LogP contribution is 2.24. The average molecular weight is 267 g/mol. The second kappa shape index (κ2) is 4.94. The maximum Gasteiger partial charge on any atom is 0.238 e. The molecule has 1 aromatic carbocycles. The molecule has 0 aromatic heterocycles. The van der Waals surface area contributed by atoms with Gasteiger partial charge >= 0.3 is 0 Å². The Morgan fingerprint density at radius 3 is 2.73 bits per heavy atom. The van der Waals surface area contributed by atoms with Crippen LogP contribution in [0, 0.1) is 25.2 Å². The largest absolute Gasteiger partial charge is 0.325 e. The summed E-state index contributed by atoms with van der Waals surface area (Å²) in [6.45, 7) is 3.86. The van der Waals surface area contributed by atoms with Crippen LogP contribution < -0.4 is 5.32 Å². The van der Waals surface area contributed by atoms with Crippen LogP contribution >= 0.6 is 15.9 Å². The van der Waals surface area contributed by atoms with Gasteiger partial charge in [0.25, 0.3) is 0 Å². The molecule has 1 rings (SSSR count). The Hall–Kier alpha value is -1.34. The first-order chi connectivity index (χ1) is 7.04. The summed E-state index contributed by atoms with van der Waals surface area (Å²) in [5.41, 5.74) is 2.78. The molecule has 0 unspecified atom stereocenters. The van der Waals surface area contributed by atoms with Crippen LogP contribution in [0.2, 0.25) is 0 Å². The molecule has 0 aliphatic rings. The summed E-state index contributed by atoms with van der Waals surface area (Å²) in [5.74, 6) is -0.276. The van der Waals surface area contributed by atoms with Crippen LogP contribution in [-0.2, 0) is 4.79 Å². The topological polar surface area (TPSA) is 52.9 Å². The summed E-state index contributed by atoms with van der Waals surface area (Å²) in [4.78, 5) is 11.2. The number of carbonyl (C=O) groups is 1. The van der Waals surface area contributed by atoms with E-state index in [1.807, 2.05) is 32.0 Å². The monoisotopic (exact) mass is 266 g/mol. The van der Waals surface area contributed by atoms with Crippen LogP contribution in [-0.4, -0.2) is 5.91 Å². The summed E-state index contributed by atoms with van der Waals surface area (Å²) in [7, 11) is 0. The van der Waals surface area contributed by atoms with Gasteiger partial charge in [0.05, 0.1) is 6.07 Å². The van der Waals surface area contributed by atoms with Crippen molar-refractivity contribution in [3.8, 4) is 6.07 Å². The SMILES string of the molecule is Cc1cc(NC(=O)CC#N)c(C)cc1Br. The molecule has 78 valence electrons. The lowest BCUT2D eigenvalue weighted by atomic mass is 10.1. The number of hydrogen-bond acceptors (Lipinski definition) is 2. The fourth-order valence-electron chi connectivity index (χ4n) is 1.18. The van der Waals surface area contributed by atoms with Crippen LogP contribution in [0.1, 0.15) is 17.5 Å². The van der Waals surface area contributed by atoms with Gasteiger partial charge in [-0.15, -0.1) is 0 Å². The summed E-state index contributed by atoms with van der Waals surface area (Å²) in [5, 5.41) is 11.1. The third kappa shape index (κ3) is 3.07. The number of benzene rings is 1. The molecule has 0 spiro atoms. The zero-order chi connectivity index (χ0) is 11.4. The van der Waals surface area contributed by atoms with Gasteiger partial charge in [-0.05, 0) is 37.1 Å². The molecule has 0 saturated carbocycles. The second-order valence-corrected chi connectivity index (χ2v) is 4.15. The number of amides is 1. The van der Waals surface area contributed by atoms with E-state index in [0.29, 0.717) is 0 Å². The van der Waals surface area contributed by atoms with E-state index in [9.17, 15) is 4.79 Å². The van der Waals surface area contributed by atoms with E-state index in [4.69, 9.17) is 5.26 Å². The molecule has 0 aliphatic heterocycles. The Kier molecular flexibility index (Phi) is 3.87. The van der Waals surface area contributed by atoms with E-state index in [0.717, 1.165) is 21.3 Å². The molecule has 0 fully saturated rings. The number of anilines is 1. The summed E-state index contributed by atoms with van der Waals surface area (Å²) in [6.07, 6.45) is -0.117. The van der Waals surface area contributed by atoms with Gasteiger partial charge in [0, 0.05) is 10.2 Å². The highest BCUT2D eigenvalue weighted by Gasteiger charge is 2.06. The highest BCUT2D eigenvalue weighted by molar-refractivity contribution is 9.10. The Bertz CT molecular complexity index is 435. The smallest absolute Gasteiger partial charge is 0.238 e. The minimum Gasteiger partial charge on any atom is -0.325 e. The number of aryl methyl sites for hydroxylation is 2. The van der Waals surface area contributed by atoms with Crippen LogP contribution in [0.5, 0.6) is 0 Å². The molecule has 0 aliphatic carbocycles. The Morgan fingerprint density at radius 1 is 1.47 bits per heavy atom. The summed E-state index contributed by atoms with van der Waals surface area (Å²) < 4.78 is 1.01. The van der Waals surface area contributed by atoms with Crippen LogP contribution in [0.4, 0.5) is 5.69 Å². The number of halogens is 1. The third-order valence-electron chi connectivity index (χ3n) is 2.02. The maximum atomic E-state index is 11.2. The van der Waals surface area contributed by atoms with Gasteiger partial charge in [0.2, 0.25) is 5.91 Å². The van der Waals surface area contributed by atoms with Crippen molar-refractivity contribution in [1.29, 1.82) is 5.26 Å². The number of hydrogen-bond donors (Lipinski definition) is 1. The molecule has 1 N–H and O–H groups in total. The van der Waals surface area contributed by atoms with Crippen molar-refractivity contribution in [2.75, 3.05) is 5.32 Å². The summed E-state index contributed by atoms with van der Waals surface area (Å²) in [6, 6.07) is 5.64. The van der Waals surface area contributed by atoms with Gasteiger partial charge in [-0.1, -0.05) is 15.9 Å². The fraction of sp³-hybridized carbons (Fsp3) is 0.273. The van der Waals surface area contributed by atoms with E-state index in [-0.39, 0.29) is 12.3 Å². The van der Waals surface area contributed by atoms with Crippen LogP contribution in [0.25, 0.3) is 0 Å². The van der Waals surface area contributed by atoms with Crippen molar-refractivity contribution in [2.24, 2.45) is 0 Å². The fourth-order valence-corrected chi connectivity index (χ4v) is 1.64. The van der Waals surface area contributed by atoms with Crippen molar-refractivity contribution < 1.29 is 4.79 Å². The first kappa shape index (κ1) is 11.7. The lowest BCUT2D eigenvalue weighted by Crippen LogP contribution is -2.11. The normalized spacial score (nSPS) is 9.47. The average Bonchev–Trinajstić information content (AvgIpc) is 2.14. The second-order valence-electron chi connectivity index (χ2n) is 3.30. The van der Waals surface area contributed by atoms with Gasteiger partial charge < -0.3 is 5.32 Å². The van der Waals surface area contributed by atoms with Gasteiger partial charge in [0.1, 0.15) is 6.42 Å². The Labute approximate surface area is 97.2 Å². The zero-order valence-corrected chi connectivity index (χ0v) is 10.2.